The molecule has 4 rings (SSSR count). The van der Waals surface area contributed by atoms with Crippen LogP contribution < -0.4 is 9.64 Å². The van der Waals surface area contributed by atoms with Crippen LogP contribution in [0.1, 0.15) is 40.2 Å². The molecule has 0 bridgehead atoms. The summed E-state index contributed by atoms with van der Waals surface area (Å²) in [4.78, 5) is 16.2. The fourth-order valence-corrected chi connectivity index (χ4v) is 6.51. The highest BCUT2D eigenvalue weighted by Crippen LogP contribution is 2.68. The standard InChI is InChI=1S/C26H34N2O3/c1-19(29)31-22-13-11-20(12-14-22)26(30)24(2,3)23(25(26,4)5)28-17-15-27(16-18-28)21-9-7-6-8-10-21/h6-14,23,30H,15-18H2,1-5H3. The van der Waals surface area contributed by atoms with Gasteiger partial charge in [0.05, 0.1) is 0 Å². The van der Waals surface area contributed by atoms with Crippen LogP contribution in [-0.4, -0.2) is 48.2 Å². The van der Waals surface area contributed by atoms with Crippen molar-refractivity contribution in [2.24, 2.45) is 10.8 Å². The van der Waals surface area contributed by atoms with E-state index in [2.05, 4.69) is 67.8 Å². The fraction of sp³-hybridized carbons (Fsp3) is 0.500. The molecule has 2 aliphatic rings. The summed E-state index contributed by atoms with van der Waals surface area (Å²) < 4.78 is 5.17. The summed E-state index contributed by atoms with van der Waals surface area (Å²) in [6, 6.07) is 18.2. The third-order valence-corrected chi connectivity index (χ3v) is 7.57. The maximum absolute atomic E-state index is 12.0. The van der Waals surface area contributed by atoms with E-state index in [0.29, 0.717) is 5.75 Å². The van der Waals surface area contributed by atoms with Crippen molar-refractivity contribution in [3.63, 3.8) is 0 Å². The average molecular weight is 423 g/mol. The summed E-state index contributed by atoms with van der Waals surface area (Å²) in [5, 5.41) is 12.0. The second-order valence-electron chi connectivity index (χ2n) is 10.0. The van der Waals surface area contributed by atoms with E-state index in [1.807, 2.05) is 12.1 Å². The lowest BCUT2D eigenvalue weighted by Gasteiger charge is -2.72. The molecule has 0 amide bonds. The average Bonchev–Trinajstić information content (AvgIpc) is 2.74. The Morgan fingerprint density at radius 3 is 1.97 bits per heavy atom. The van der Waals surface area contributed by atoms with Crippen molar-refractivity contribution in [1.29, 1.82) is 0 Å². The molecule has 0 aromatic heterocycles. The van der Waals surface area contributed by atoms with Gasteiger partial charge < -0.3 is 14.7 Å². The van der Waals surface area contributed by atoms with Crippen LogP contribution in [0.3, 0.4) is 0 Å². The second-order valence-corrected chi connectivity index (χ2v) is 10.0. The molecular weight excluding hydrogens is 388 g/mol. The molecule has 2 aromatic rings. The predicted octanol–water partition coefficient (Wildman–Crippen LogP) is 4.06. The molecule has 1 heterocycles. The maximum atomic E-state index is 12.0. The van der Waals surface area contributed by atoms with Crippen LogP contribution in [0.4, 0.5) is 5.69 Å². The summed E-state index contributed by atoms with van der Waals surface area (Å²) in [6.07, 6.45) is 0. The van der Waals surface area contributed by atoms with Crippen LogP contribution in [-0.2, 0) is 10.4 Å². The maximum Gasteiger partial charge on any atom is 0.308 e. The Balaban J connectivity index is 1.52. The highest BCUT2D eigenvalue weighted by atomic mass is 16.5. The van der Waals surface area contributed by atoms with E-state index in [1.54, 1.807) is 12.1 Å². The van der Waals surface area contributed by atoms with Gasteiger partial charge in [0.1, 0.15) is 11.4 Å². The Kier molecular flexibility index (Phi) is 5.39. The molecule has 0 spiro atoms. The predicted molar refractivity (Wildman–Crippen MR) is 123 cm³/mol. The molecule has 1 aliphatic heterocycles. The van der Waals surface area contributed by atoms with Crippen molar-refractivity contribution in [2.75, 3.05) is 31.1 Å². The molecule has 166 valence electrons. The van der Waals surface area contributed by atoms with Gasteiger partial charge in [-0.15, -0.1) is 0 Å². The molecule has 1 saturated heterocycles. The van der Waals surface area contributed by atoms with Gasteiger partial charge in [0.15, 0.2) is 0 Å². The van der Waals surface area contributed by atoms with Crippen molar-refractivity contribution >= 4 is 11.7 Å². The molecule has 1 saturated carbocycles. The number of hydrogen-bond donors (Lipinski definition) is 1. The molecule has 0 unspecified atom stereocenters. The number of esters is 1. The third-order valence-electron chi connectivity index (χ3n) is 7.57. The van der Waals surface area contributed by atoms with Crippen molar-refractivity contribution < 1.29 is 14.6 Å². The normalized spacial score (nSPS) is 27.4. The van der Waals surface area contributed by atoms with E-state index in [-0.39, 0.29) is 22.8 Å². The van der Waals surface area contributed by atoms with Crippen molar-refractivity contribution in [1.82, 2.24) is 4.90 Å². The topological polar surface area (TPSA) is 53.0 Å². The summed E-state index contributed by atoms with van der Waals surface area (Å²) in [6.45, 7) is 14.0. The number of ether oxygens (including phenoxy) is 1. The summed E-state index contributed by atoms with van der Waals surface area (Å²) in [7, 11) is 0. The number of aliphatic hydroxyl groups is 1. The number of anilines is 1. The molecule has 0 radical (unpaired) electrons. The lowest BCUT2D eigenvalue weighted by molar-refractivity contribution is -0.307. The van der Waals surface area contributed by atoms with E-state index >= 15 is 0 Å². The Morgan fingerprint density at radius 2 is 1.45 bits per heavy atom. The lowest BCUT2D eigenvalue weighted by Crippen LogP contribution is -2.79. The molecule has 2 aromatic carbocycles. The summed E-state index contributed by atoms with van der Waals surface area (Å²) in [5.74, 6) is 0.161. The first-order valence-electron chi connectivity index (χ1n) is 11.1. The number of para-hydroxylation sites is 1. The van der Waals surface area contributed by atoms with Crippen LogP contribution in [0.25, 0.3) is 0 Å². The van der Waals surface area contributed by atoms with Gasteiger partial charge in [-0.2, -0.15) is 0 Å². The molecule has 5 heteroatoms. The zero-order valence-corrected chi connectivity index (χ0v) is 19.3. The largest absolute Gasteiger partial charge is 0.427 e. The molecule has 0 atom stereocenters. The number of nitrogens with zero attached hydrogens (tertiary/aromatic N) is 2. The Labute approximate surface area is 185 Å². The molecule has 31 heavy (non-hydrogen) atoms. The quantitative estimate of drug-likeness (QED) is 0.595. The minimum atomic E-state index is -0.976. The number of hydrogen-bond acceptors (Lipinski definition) is 5. The molecule has 1 aliphatic carbocycles. The van der Waals surface area contributed by atoms with E-state index in [0.717, 1.165) is 31.7 Å². The zero-order chi connectivity index (χ0) is 22.4. The zero-order valence-electron chi connectivity index (χ0n) is 19.3. The van der Waals surface area contributed by atoms with Gasteiger partial charge in [0.2, 0.25) is 0 Å². The van der Waals surface area contributed by atoms with Crippen LogP contribution >= 0.6 is 0 Å². The highest BCUT2D eigenvalue weighted by Gasteiger charge is 2.73. The highest BCUT2D eigenvalue weighted by molar-refractivity contribution is 5.69. The first kappa shape index (κ1) is 21.8. The second kappa shape index (κ2) is 7.64. The minimum Gasteiger partial charge on any atom is -0.427 e. The molecular formula is C26H34N2O3. The van der Waals surface area contributed by atoms with E-state index in [1.165, 1.54) is 12.6 Å². The van der Waals surface area contributed by atoms with E-state index in [9.17, 15) is 9.90 Å². The van der Waals surface area contributed by atoms with Gasteiger partial charge >= 0.3 is 5.97 Å². The SMILES string of the molecule is CC(=O)Oc1ccc(C2(O)C(C)(C)C(N3CCN(c4ccccc4)CC3)C2(C)C)cc1. The van der Waals surface area contributed by atoms with Crippen LogP contribution in [0.5, 0.6) is 5.75 Å². The Hall–Kier alpha value is -2.37. The monoisotopic (exact) mass is 422 g/mol. The van der Waals surface area contributed by atoms with Gasteiger partial charge in [-0.3, -0.25) is 9.69 Å². The first-order chi connectivity index (χ1) is 14.6. The van der Waals surface area contributed by atoms with Gasteiger partial charge in [-0.1, -0.05) is 58.0 Å². The Morgan fingerprint density at radius 1 is 0.903 bits per heavy atom. The lowest BCUT2D eigenvalue weighted by atomic mass is 9.39. The van der Waals surface area contributed by atoms with Gasteiger partial charge in [0.25, 0.3) is 0 Å². The van der Waals surface area contributed by atoms with Crippen LogP contribution in [0, 0.1) is 10.8 Å². The van der Waals surface area contributed by atoms with Gasteiger partial charge in [-0.25, -0.2) is 0 Å². The fourth-order valence-electron chi connectivity index (χ4n) is 6.51. The van der Waals surface area contributed by atoms with E-state index < -0.39 is 5.60 Å². The van der Waals surface area contributed by atoms with E-state index in [4.69, 9.17) is 4.74 Å². The van der Waals surface area contributed by atoms with Crippen molar-refractivity contribution in [3.8, 4) is 5.75 Å². The number of rotatable bonds is 4. The number of benzene rings is 2. The van der Waals surface area contributed by atoms with Crippen molar-refractivity contribution in [3.05, 3.63) is 60.2 Å². The Bertz CT molecular complexity index is 913. The number of carbonyl (C=O) groups excluding carboxylic acids is 1. The minimum absolute atomic E-state index is 0.260. The van der Waals surface area contributed by atoms with Gasteiger partial charge in [0, 0.05) is 55.7 Å². The molecule has 5 nitrogen and oxygen atoms in total. The van der Waals surface area contributed by atoms with Gasteiger partial charge in [-0.05, 0) is 29.8 Å². The summed E-state index contributed by atoms with van der Waals surface area (Å²) in [5.41, 5.74) is 0.523. The smallest absolute Gasteiger partial charge is 0.308 e. The molecule has 1 N–H and O–H groups in total. The summed E-state index contributed by atoms with van der Waals surface area (Å²) >= 11 is 0. The third kappa shape index (κ3) is 3.35. The van der Waals surface area contributed by atoms with Crippen LogP contribution in [0.2, 0.25) is 0 Å². The molecule has 2 fully saturated rings. The van der Waals surface area contributed by atoms with Crippen LogP contribution in [0.15, 0.2) is 54.6 Å². The number of carbonyl (C=O) groups is 1. The van der Waals surface area contributed by atoms with Crippen molar-refractivity contribution in [2.45, 2.75) is 46.3 Å². The number of piperazine rings is 1. The first-order valence-corrected chi connectivity index (χ1v) is 11.1.